The van der Waals surface area contributed by atoms with Crippen LogP contribution in [-0.2, 0) is 17.6 Å². The Hall–Kier alpha value is -2.56. The molecule has 0 saturated heterocycles. The molecule has 0 amide bonds. The number of benzene rings is 2. The highest BCUT2D eigenvalue weighted by Gasteiger charge is 2.01. The molecule has 0 radical (unpaired) electrons. The highest BCUT2D eigenvalue weighted by Crippen LogP contribution is 2.18. The number of nitrogens with two attached hydrogens (primary N) is 1. The predicted octanol–water partition coefficient (Wildman–Crippen LogP) is 5.31. The van der Waals surface area contributed by atoms with Crippen LogP contribution in [0, 0.1) is 0 Å². The SMILES string of the molecule is CC(=O)Cc1ccc2occc2c1.CC(N)Cc1ccc2occc2c1.Cl. The summed E-state index contributed by atoms with van der Waals surface area (Å²) in [5, 5.41) is 2.21. The average Bonchev–Trinajstić information content (AvgIpc) is 3.22. The summed E-state index contributed by atoms with van der Waals surface area (Å²) >= 11 is 0. The first-order valence-electron chi connectivity index (χ1n) is 8.68. The van der Waals surface area contributed by atoms with E-state index in [0.717, 1.165) is 33.9 Å². The molecule has 5 heteroatoms. The zero-order valence-corrected chi connectivity index (χ0v) is 16.3. The second kappa shape index (κ2) is 9.40. The first kappa shape index (κ1) is 20.7. The number of fused-ring (bicyclic) bond motifs is 2. The molecule has 1 unspecified atom stereocenters. The number of hydrogen-bond donors (Lipinski definition) is 1. The highest BCUT2D eigenvalue weighted by molar-refractivity contribution is 5.85. The van der Waals surface area contributed by atoms with Crippen LogP contribution in [0.1, 0.15) is 25.0 Å². The van der Waals surface area contributed by atoms with E-state index in [9.17, 15) is 4.79 Å². The monoisotopic (exact) mass is 385 g/mol. The van der Waals surface area contributed by atoms with Crippen LogP contribution in [0.5, 0.6) is 0 Å². The third-order valence-corrected chi connectivity index (χ3v) is 4.04. The number of hydrogen-bond acceptors (Lipinski definition) is 4. The maximum absolute atomic E-state index is 10.9. The molecule has 4 rings (SSSR count). The number of Topliss-reactive ketones (excluding diaryl/α,β-unsaturated/α-hetero) is 1. The fourth-order valence-electron chi connectivity index (χ4n) is 2.93. The zero-order valence-electron chi connectivity index (χ0n) is 15.5. The molecule has 2 aromatic carbocycles. The van der Waals surface area contributed by atoms with Gasteiger partial charge in [-0.2, -0.15) is 0 Å². The molecule has 2 heterocycles. The molecule has 1 atom stereocenters. The molecule has 4 nitrogen and oxygen atoms in total. The van der Waals surface area contributed by atoms with Crippen molar-refractivity contribution in [1.29, 1.82) is 0 Å². The quantitative estimate of drug-likeness (QED) is 0.517. The standard InChI is InChI=1S/C11H13NO.C11H10O2.ClH/c2*1-8(12)6-9-2-3-11-10(7-9)4-5-13-11;/h2-5,7-8H,6,12H2,1H3;2-5,7H,6H2,1H3;1H. The lowest BCUT2D eigenvalue weighted by molar-refractivity contribution is -0.116. The Morgan fingerprint density at radius 3 is 1.96 bits per heavy atom. The summed E-state index contributed by atoms with van der Waals surface area (Å²) < 4.78 is 10.4. The highest BCUT2D eigenvalue weighted by atomic mass is 35.5. The van der Waals surface area contributed by atoms with Crippen molar-refractivity contribution < 1.29 is 13.6 Å². The van der Waals surface area contributed by atoms with E-state index in [2.05, 4.69) is 12.1 Å². The van der Waals surface area contributed by atoms with Gasteiger partial charge in [0.1, 0.15) is 16.9 Å². The first-order valence-corrected chi connectivity index (χ1v) is 8.68. The van der Waals surface area contributed by atoms with Crippen molar-refractivity contribution in [3.05, 3.63) is 72.2 Å². The van der Waals surface area contributed by atoms with E-state index < -0.39 is 0 Å². The van der Waals surface area contributed by atoms with Crippen LogP contribution in [0.2, 0.25) is 0 Å². The van der Waals surface area contributed by atoms with Crippen molar-refractivity contribution in [2.45, 2.75) is 32.7 Å². The van der Waals surface area contributed by atoms with E-state index in [-0.39, 0.29) is 24.2 Å². The summed E-state index contributed by atoms with van der Waals surface area (Å²) in [6.45, 7) is 3.61. The Bertz CT molecular complexity index is 1020. The minimum absolute atomic E-state index is 0. The van der Waals surface area contributed by atoms with Crippen molar-refractivity contribution >= 4 is 40.1 Å². The van der Waals surface area contributed by atoms with Crippen LogP contribution in [0.3, 0.4) is 0 Å². The molecule has 0 bridgehead atoms. The van der Waals surface area contributed by atoms with E-state index in [1.54, 1.807) is 19.5 Å². The fraction of sp³-hybridized carbons (Fsp3) is 0.227. The molecule has 0 aliphatic carbocycles. The summed E-state index contributed by atoms with van der Waals surface area (Å²) in [4.78, 5) is 10.9. The normalized spacial score (nSPS) is 11.5. The van der Waals surface area contributed by atoms with Gasteiger partial charge in [0.05, 0.1) is 12.5 Å². The number of halogens is 1. The van der Waals surface area contributed by atoms with Crippen molar-refractivity contribution in [3.8, 4) is 0 Å². The fourth-order valence-corrected chi connectivity index (χ4v) is 2.93. The third kappa shape index (κ3) is 5.71. The van der Waals surface area contributed by atoms with Crippen LogP contribution < -0.4 is 5.73 Å². The molecular formula is C22H24ClNO3. The summed E-state index contributed by atoms with van der Waals surface area (Å²) in [5.41, 5.74) is 9.84. The van der Waals surface area contributed by atoms with Gasteiger partial charge in [0.25, 0.3) is 0 Å². The summed E-state index contributed by atoms with van der Waals surface area (Å²) in [7, 11) is 0. The zero-order chi connectivity index (χ0) is 18.5. The molecular weight excluding hydrogens is 362 g/mol. The third-order valence-electron chi connectivity index (χ3n) is 4.04. The lowest BCUT2D eigenvalue weighted by atomic mass is 10.1. The minimum Gasteiger partial charge on any atom is -0.464 e. The maximum atomic E-state index is 10.9. The second-order valence-corrected chi connectivity index (χ2v) is 6.65. The largest absolute Gasteiger partial charge is 0.464 e. The summed E-state index contributed by atoms with van der Waals surface area (Å²) in [5.74, 6) is 0.183. The second-order valence-electron chi connectivity index (χ2n) is 6.65. The Balaban J connectivity index is 0.000000187. The number of rotatable bonds is 4. The number of furan rings is 2. The molecule has 0 aliphatic rings. The van der Waals surface area contributed by atoms with E-state index in [1.807, 2.05) is 43.3 Å². The van der Waals surface area contributed by atoms with Crippen molar-refractivity contribution in [3.63, 3.8) is 0 Å². The Morgan fingerprint density at radius 2 is 1.44 bits per heavy atom. The minimum atomic E-state index is 0. The molecule has 0 fully saturated rings. The summed E-state index contributed by atoms with van der Waals surface area (Å²) in [6.07, 6.45) is 4.78. The predicted molar refractivity (Wildman–Crippen MR) is 111 cm³/mol. The number of ketones is 1. The molecule has 0 spiro atoms. The van der Waals surface area contributed by atoms with Gasteiger partial charge in [-0.15, -0.1) is 12.4 Å². The Morgan fingerprint density at radius 1 is 0.926 bits per heavy atom. The van der Waals surface area contributed by atoms with Gasteiger partial charge in [-0.1, -0.05) is 12.1 Å². The Kier molecular flexibility index (Phi) is 7.22. The van der Waals surface area contributed by atoms with E-state index in [0.29, 0.717) is 6.42 Å². The van der Waals surface area contributed by atoms with Gasteiger partial charge in [0, 0.05) is 23.2 Å². The van der Waals surface area contributed by atoms with Gasteiger partial charge in [-0.25, -0.2) is 0 Å². The van der Waals surface area contributed by atoms with Gasteiger partial charge in [-0.3, -0.25) is 4.79 Å². The van der Waals surface area contributed by atoms with Crippen LogP contribution in [0.15, 0.2) is 69.9 Å². The van der Waals surface area contributed by atoms with Crippen LogP contribution in [0.4, 0.5) is 0 Å². The lowest BCUT2D eigenvalue weighted by Gasteiger charge is -2.04. The topological polar surface area (TPSA) is 69.4 Å². The first-order chi connectivity index (χ1) is 12.5. The van der Waals surface area contributed by atoms with Gasteiger partial charge < -0.3 is 14.6 Å². The molecule has 142 valence electrons. The smallest absolute Gasteiger partial charge is 0.134 e. The molecule has 0 aliphatic heterocycles. The average molecular weight is 386 g/mol. The van der Waals surface area contributed by atoms with Crippen molar-refractivity contribution in [1.82, 2.24) is 0 Å². The number of carbonyl (C=O) groups is 1. The lowest BCUT2D eigenvalue weighted by Crippen LogP contribution is -2.17. The van der Waals surface area contributed by atoms with Gasteiger partial charge in [0.15, 0.2) is 0 Å². The van der Waals surface area contributed by atoms with E-state index >= 15 is 0 Å². The van der Waals surface area contributed by atoms with Gasteiger partial charge in [-0.05, 0) is 67.8 Å². The Labute approximate surface area is 164 Å². The number of carbonyl (C=O) groups excluding carboxylic acids is 1. The summed E-state index contributed by atoms with van der Waals surface area (Å²) in [6, 6.07) is 16.1. The van der Waals surface area contributed by atoms with Crippen LogP contribution in [-0.4, -0.2) is 11.8 Å². The maximum Gasteiger partial charge on any atom is 0.134 e. The van der Waals surface area contributed by atoms with E-state index in [1.165, 1.54) is 5.56 Å². The van der Waals surface area contributed by atoms with Crippen molar-refractivity contribution in [2.75, 3.05) is 0 Å². The van der Waals surface area contributed by atoms with Crippen LogP contribution in [0.25, 0.3) is 21.9 Å². The molecule has 2 aromatic heterocycles. The van der Waals surface area contributed by atoms with Crippen LogP contribution >= 0.6 is 12.4 Å². The van der Waals surface area contributed by atoms with E-state index in [4.69, 9.17) is 14.6 Å². The van der Waals surface area contributed by atoms with Gasteiger partial charge >= 0.3 is 0 Å². The van der Waals surface area contributed by atoms with Gasteiger partial charge in [0.2, 0.25) is 0 Å². The van der Waals surface area contributed by atoms with Crippen molar-refractivity contribution in [2.24, 2.45) is 5.73 Å². The molecule has 2 N–H and O–H groups in total. The molecule has 27 heavy (non-hydrogen) atoms. The molecule has 4 aromatic rings. The molecule has 0 saturated carbocycles.